The number of aliphatic carboxylic acids is 1. The molecule has 5 N–H and O–H groups in total. The maximum atomic E-state index is 13.9. The van der Waals surface area contributed by atoms with Crippen molar-refractivity contribution in [3.05, 3.63) is 0 Å². The van der Waals surface area contributed by atoms with Gasteiger partial charge in [-0.05, 0) is 56.3 Å². The van der Waals surface area contributed by atoms with E-state index in [-0.39, 0.29) is 35.5 Å². The number of amides is 5. The number of nitrogens with zero attached hydrogens (tertiary/aromatic N) is 1. The molecule has 1 saturated carbocycles. The van der Waals surface area contributed by atoms with E-state index in [0.29, 0.717) is 19.5 Å². The summed E-state index contributed by atoms with van der Waals surface area (Å²) in [5.74, 6) is -2.85. The first-order valence-corrected chi connectivity index (χ1v) is 13.0. The molecule has 0 aromatic rings. The summed E-state index contributed by atoms with van der Waals surface area (Å²) in [6.07, 6.45) is 0.504. The van der Waals surface area contributed by atoms with Crippen LogP contribution < -0.4 is 21.3 Å². The molecule has 0 bridgehead atoms. The van der Waals surface area contributed by atoms with E-state index in [0.717, 1.165) is 0 Å². The molecule has 3 aliphatic rings. The lowest BCUT2D eigenvalue weighted by molar-refractivity contribution is -0.146. The Morgan fingerprint density at radius 1 is 1.11 bits per heavy atom. The molecule has 11 nitrogen and oxygen atoms in total. The van der Waals surface area contributed by atoms with Crippen molar-refractivity contribution < 1.29 is 29.1 Å². The summed E-state index contributed by atoms with van der Waals surface area (Å²) in [4.78, 5) is 65.6. The molecule has 2 aliphatic heterocycles. The van der Waals surface area contributed by atoms with Gasteiger partial charge in [-0.25, -0.2) is 9.59 Å². The molecule has 5 amide bonds. The highest BCUT2D eigenvalue weighted by atomic mass is 16.4. The molecule has 0 aromatic heterocycles. The Labute approximate surface area is 218 Å². The average molecular weight is 522 g/mol. The Hall–Kier alpha value is -2.85. The third kappa shape index (κ3) is 6.18. The van der Waals surface area contributed by atoms with Crippen molar-refractivity contribution in [2.45, 2.75) is 91.9 Å². The Morgan fingerprint density at radius 3 is 2.22 bits per heavy atom. The normalized spacial score (nSPS) is 28.0. The van der Waals surface area contributed by atoms with Crippen LogP contribution in [0.25, 0.3) is 0 Å². The number of fused-ring (bicyclic) bond motifs is 1. The van der Waals surface area contributed by atoms with Gasteiger partial charge >= 0.3 is 12.0 Å². The second-order valence-corrected chi connectivity index (χ2v) is 13.4. The van der Waals surface area contributed by atoms with Crippen molar-refractivity contribution in [2.75, 3.05) is 13.1 Å². The highest BCUT2D eigenvalue weighted by molar-refractivity contribution is 5.95. The maximum Gasteiger partial charge on any atom is 0.326 e. The quantitative estimate of drug-likeness (QED) is 0.337. The van der Waals surface area contributed by atoms with Crippen molar-refractivity contribution in [1.29, 1.82) is 0 Å². The van der Waals surface area contributed by atoms with E-state index in [1.165, 1.54) is 4.90 Å². The van der Waals surface area contributed by atoms with Gasteiger partial charge in [0.15, 0.2) is 0 Å². The predicted octanol–water partition coefficient (Wildman–Crippen LogP) is 1.08. The molecule has 37 heavy (non-hydrogen) atoms. The van der Waals surface area contributed by atoms with Gasteiger partial charge in [0.25, 0.3) is 0 Å². The second kappa shape index (κ2) is 9.79. The number of rotatable bonds is 7. The van der Waals surface area contributed by atoms with E-state index in [1.54, 1.807) is 0 Å². The standard InChI is InChI=1S/C26H43N5O6/c1-24(2,3)18(29-23(37)30-25(4,5)6)21(34)31-12-14-16(26(14,7)8)17(31)20(33)28-15(22(35)36)11-13-9-10-27-19(13)32/h13-18H,9-12H2,1-8H3,(H,27,32)(H,28,33)(H,35,36)(H2,29,30,37)/t13?,14-,15?,16-,17-,18?/m0/s1. The summed E-state index contributed by atoms with van der Waals surface area (Å²) in [5, 5.41) is 20.7. The zero-order chi connectivity index (χ0) is 28.1. The lowest BCUT2D eigenvalue weighted by Gasteiger charge is -2.38. The molecule has 11 heteroatoms. The fourth-order valence-corrected chi connectivity index (χ4v) is 5.77. The number of nitrogens with one attached hydrogen (secondary N) is 4. The number of urea groups is 1. The van der Waals surface area contributed by atoms with Crippen LogP contribution in [0.15, 0.2) is 0 Å². The third-order valence-electron chi connectivity index (χ3n) is 7.93. The van der Waals surface area contributed by atoms with E-state index in [2.05, 4.69) is 21.3 Å². The second-order valence-electron chi connectivity index (χ2n) is 13.4. The van der Waals surface area contributed by atoms with Gasteiger partial charge in [-0.1, -0.05) is 34.6 Å². The lowest BCUT2D eigenvalue weighted by atomic mass is 9.85. The smallest absolute Gasteiger partial charge is 0.326 e. The fraction of sp³-hybridized carbons (Fsp3) is 0.808. The van der Waals surface area contributed by atoms with Gasteiger partial charge < -0.3 is 31.3 Å². The molecular formula is C26H43N5O6. The van der Waals surface area contributed by atoms with Crippen LogP contribution in [0.4, 0.5) is 4.79 Å². The number of carboxylic acids is 1. The van der Waals surface area contributed by atoms with Crippen LogP contribution in [0.3, 0.4) is 0 Å². The third-order valence-corrected chi connectivity index (χ3v) is 7.93. The maximum absolute atomic E-state index is 13.9. The summed E-state index contributed by atoms with van der Waals surface area (Å²) in [7, 11) is 0. The number of carboxylic acid groups (broad SMARTS) is 1. The molecule has 3 unspecified atom stereocenters. The minimum absolute atomic E-state index is 0.00971. The largest absolute Gasteiger partial charge is 0.480 e. The monoisotopic (exact) mass is 521 g/mol. The SMILES string of the molecule is CC(C)(C)NC(=O)NC(C(=O)N1C[C@H]2[C@@H]([C@H]1C(=O)NC(CC1CCNC1=O)C(=O)O)C2(C)C)C(C)(C)C. The molecule has 3 rings (SSSR count). The van der Waals surface area contributed by atoms with E-state index in [9.17, 15) is 29.1 Å². The van der Waals surface area contributed by atoms with Crippen LogP contribution in [0.5, 0.6) is 0 Å². The number of piperidine rings is 1. The fourth-order valence-electron chi connectivity index (χ4n) is 5.77. The van der Waals surface area contributed by atoms with Gasteiger partial charge in [0, 0.05) is 24.5 Å². The minimum Gasteiger partial charge on any atom is -0.480 e. The molecular weight excluding hydrogens is 478 g/mol. The molecule has 1 aliphatic carbocycles. The Balaban J connectivity index is 1.81. The number of hydrogen-bond acceptors (Lipinski definition) is 5. The van der Waals surface area contributed by atoms with Crippen LogP contribution in [0.1, 0.15) is 68.2 Å². The van der Waals surface area contributed by atoms with Gasteiger partial charge in [0.05, 0.1) is 0 Å². The van der Waals surface area contributed by atoms with Gasteiger partial charge in [0.2, 0.25) is 17.7 Å². The van der Waals surface area contributed by atoms with Gasteiger partial charge in [0.1, 0.15) is 18.1 Å². The lowest BCUT2D eigenvalue weighted by Crippen LogP contribution is -2.62. The molecule has 6 atom stereocenters. The number of likely N-dealkylation sites (tertiary alicyclic amines) is 1. The predicted molar refractivity (Wildman–Crippen MR) is 136 cm³/mol. The van der Waals surface area contributed by atoms with E-state index in [4.69, 9.17) is 0 Å². The van der Waals surface area contributed by atoms with Crippen LogP contribution in [-0.2, 0) is 19.2 Å². The summed E-state index contributed by atoms with van der Waals surface area (Å²) < 4.78 is 0. The first-order valence-electron chi connectivity index (χ1n) is 13.0. The van der Waals surface area contributed by atoms with Gasteiger partial charge in [-0.3, -0.25) is 14.4 Å². The molecule has 2 saturated heterocycles. The summed E-state index contributed by atoms with van der Waals surface area (Å²) in [6, 6.07) is -3.48. The Bertz CT molecular complexity index is 965. The first-order chi connectivity index (χ1) is 16.8. The van der Waals surface area contributed by atoms with Crippen LogP contribution >= 0.6 is 0 Å². The Kier molecular flexibility index (Phi) is 7.60. The van der Waals surface area contributed by atoms with E-state index >= 15 is 0 Å². The van der Waals surface area contributed by atoms with Crippen molar-refractivity contribution in [1.82, 2.24) is 26.2 Å². The zero-order valence-corrected chi connectivity index (χ0v) is 23.2. The van der Waals surface area contributed by atoms with E-state index in [1.807, 2.05) is 55.4 Å². The van der Waals surface area contributed by atoms with Crippen molar-refractivity contribution in [3.8, 4) is 0 Å². The van der Waals surface area contributed by atoms with Gasteiger partial charge in [-0.2, -0.15) is 0 Å². The van der Waals surface area contributed by atoms with Crippen LogP contribution in [0, 0.1) is 28.6 Å². The molecule has 0 spiro atoms. The Morgan fingerprint density at radius 2 is 1.73 bits per heavy atom. The molecule has 208 valence electrons. The molecule has 2 heterocycles. The number of carbonyl (C=O) groups excluding carboxylic acids is 4. The summed E-state index contributed by atoms with van der Waals surface area (Å²) >= 11 is 0. The van der Waals surface area contributed by atoms with E-state index < -0.39 is 52.9 Å². The molecule has 0 radical (unpaired) electrons. The summed E-state index contributed by atoms with van der Waals surface area (Å²) in [5.41, 5.74) is -1.31. The molecule has 3 fully saturated rings. The number of carbonyl (C=O) groups is 5. The topological polar surface area (TPSA) is 157 Å². The van der Waals surface area contributed by atoms with Crippen LogP contribution in [-0.4, -0.2) is 76.5 Å². The minimum atomic E-state index is -1.24. The molecule has 0 aromatic carbocycles. The van der Waals surface area contributed by atoms with Crippen molar-refractivity contribution >= 4 is 29.7 Å². The van der Waals surface area contributed by atoms with Crippen molar-refractivity contribution in [3.63, 3.8) is 0 Å². The average Bonchev–Trinajstić information content (AvgIpc) is 3.08. The zero-order valence-electron chi connectivity index (χ0n) is 23.2. The van der Waals surface area contributed by atoms with Crippen LogP contribution in [0.2, 0.25) is 0 Å². The number of hydrogen-bond donors (Lipinski definition) is 5. The van der Waals surface area contributed by atoms with Gasteiger partial charge in [-0.15, -0.1) is 0 Å². The highest BCUT2D eigenvalue weighted by Gasteiger charge is 2.70. The highest BCUT2D eigenvalue weighted by Crippen LogP contribution is 2.65. The first kappa shape index (κ1) is 28.7. The van der Waals surface area contributed by atoms with Crippen molar-refractivity contribution in [2.24, 2.45) is 28.6 Å². The summed E-state index contributed by atoms with van der Waals surface area (Å²) in [6.45, 7) is 16.0.